The molecule has 0 spiro atoms. The SMILES string of the molecule is CN(CC1(O)CCNC1)C(=O)C1CC1c1ccccc1. The zero-order valence-electron chi connectivity index (χ0n) is 11.9. The van der Waals surface area contributed by atoms with Crippen LogP contribution in [0.1, 0.15) is 24.3 Å². The summed E-state index contributed by atoms with van der Waals surface area (Å²) in [5, 5.41) is 13.5. The van der Waals surface area contributed by atoms with E-state index in [1.807, 2.05) is 18.2 Å². The summed E-state index contributed by atoms with van der Waals surface area (Å²) < 4.78 is 0. The minimum atomic E-state index is -0.748. The van der Waals surface area contributed by atoms with E-state index in [0.29, 0.717) is 19.0 Å². The molecule has 1 aromatic carbocycles. The number of likely N-dealkylation sites (N-methyl/N-ethyl adjacent to an activating group) is 1. The molecule has 1 saturated heterocycles. The number of aliphatic hydroxyl groups is 1. The molecule has 1 saturated carbocycles. The summed E-state index contributed by atoms with van der Waals surface area (Å²) in [6, 6.07) is 10.2. The van der Waals surface area contributed by atoms with Gasteiger partial charge >= 0.3 is 0 Å². The lowest BCUT2D eigenvalue weighted by atomic mass is 10.0. The molecule has 1 aromatic rings. The number of benzene rings is 1. The molecule has 1 amide bonds. The normalized spacial score (nSPS) is 32.1. The molecule has 2 N–H and O–H groups in total. The van der Waals surface area contributed by atoms with Gasteiger partial charge in [-0.3, -0.25) is 4.79 Å². The maximum Gasteiger partial charge on any atom is 0.226 e. The van der Waals surface area contributed by atoms with Gasteiger partial charge < -0.3 is 15.3 Å². The van der Waals surface area contributed by atoms with Crippen molar-refractivity contribution >= 4 is 5.91 Å². The van der Waals surface area contributed by atoms with E-state index >= 15 is 0 Å². The number of hydrogen-bond donors (Lipinski definition) is 2. The van der Waals surface area contributed by atoms with Crippen molar-refractivity contribution in [3.8, 4) is 0 Å². The van der Waals surface area contributed by atoms with Crippen LogP contribution in [0.5, 0.6) is 0 Å². The second-order valence-electron chi connectivity index (χ2n) is 6.20. The number of hydrogen-bond acceptors (Lipinski definition) is 3. The summed E-state index contributed by atoms with van der Waals surface area (Å²) in [7, 11) is 1.80. The van der Waals surface area contributed by atoms with Crippen molar-refractivity contribution in [1.82, 2.24) is 10.2 Å². The maximum atomic E-state index is 12.4. The Morgan fingerprint density at radius 3 is 2.85 bits per heavy atom. The van der Waals surface area contributed by atoms with Crippen molar-refractivity contribution in [1.29, 1.82) is 0 Å². The monoisotopic (exact) mass is 274 g/mol. The molecule has 20 heavy (non-hydrogen) atoms. The van der Waals surface area contributed by atoms with Crippen LogP contribution in [0.3, 0.4) is 0 Å². The fraction of sp³-hybridized carbons (Fsp3) is 0.562. The predicted molar refractivity (Wildman–Crippen MR) is 77.4 cm³/mol. The van der Waals surface area contributed by atoms with Crippen LogP contribution < -0.4 is 5.32 Å². The lowest BCUT2D eigenvalue weighted by Crippen LogP contribution is -2.45. The Labute approximate surface area is 119 Å². The van der Waals surface area contributed by atoms with Gasteiger partial charge in [0, 0.05) is 19.5 Å². The average Bonchev–Trinajstić information content (AvgIpc) is 3.15. The fourth-order valence-electron chi connectivity index (χ4n) is 3.20. The van der Waals surface area contributed by atoms with Crippen LogP contribution in [-0.4, -0.2) is 48.2 Å². The summed E-state index contributed by atoms with van der Waals surface area (Å²) in [4.78, 5) is 14.1. The molecule has 2 fully saturated rings. The molecule has 0 radical (unpaired) electrons. The van der Waals surface area contributed by atoms with Gasteiger partial charge in [0.2, 0.25) is 5.91 Å². The van der Waals surface area contributed by atoms with Crippen molar-refractivity contribution in [2.75, 3.05) is 26.7 Å². The van der Waals surface area contributed by atoms with Crippen molar-refractivity contribution in [3.63, 3.8) is 0 Å². The molecule has 4 heteroatoms. The van der Waals surface area contributed by atoms with Gasteiger partial charge in [0.1, 0.15) is 0 Å². The van der Waals surface area contributed by atoms with Crippen LogP contribution in [0.2, 0.25) is 0 Å². The highest BCUT2D eigenvalue weighted by atomic mass is 16.3. The van der Waals surface area contributed by atoms with Crippen LogP contribution in [0.4, 0.5) is 0 Å². The molecule has 1 aliphatic heterocycles. The van der Waals surface area contributed by atoms with E-state index in [1.165, 1.54) is 5.56 Å². The minimum absolute atomic E-state index is 0.0976. The zero-order valence-corrected chi connectivity index (χ0v) is 11.9. The van der Waals surface area contributed by atoms with Crippen molar-refractivity contribution in [2.45, 2.75) is 24.4 Å². The fourth-order valence-corrected chi connectivity index (χ4v) is 3.20. The van der Waals surface area contributed by atoms with Gasteiger partial charge in [-0.2, -0.15) is 0 Å². The lowest BCUT2D eigenvalue weighted by Gasteiger charge is -2.28. The van der Waals surface area contributed by atoms with E-state index in [2.05, 4.69) is 17.4 Å². The van der Waals surface area contributed by atoms with Crippen LogP contribution in [0, 0.1) is 5.92 Å². The number of carbonyl (C=O) groups excluding carboxylic acids is 1. The van der Waals surface area contributed by atoms with Gasteiger partial charge in [0.05, 0.1) is 12.1 Å². The quantitative estimate of drug-likeness (QED) is 0.860. The van der Waals surface area contributed by atoms with Gasteiger partial charge in [-0.05, 0) is 30.9 Å². The molecular weight excluding hydrogens is 252 g/mol. The summed E-state index contributed by atoms with van der Waals surface area (Å²) in [5.41, 5.74) is 0.502. The standard InChI is InChI=1S/C16H22N2O2/c1-18(11-16(20)7-8-17-10-16)15(19)14-9-13(14)12-5-3-2-4-6-12/h2-6,13-14,17,20H,7-11H2,1H3. The first-order valence-electron chi connectivity index (χ1n) is 7.32. The largest absolute Gasteiger partial charge is 0.387 e. The Balaban J connectivity index is 1.57. The summed E-state index contributed by atoms with van der Waals surface area (Å²) >= 11 is 0. The van der Waals surface area contributed by atoms with Gasteiger partial charge in [-0.25, -0.2) is 0 Å². The van der Waals surface area contributed by atoms with E-state index < -0.39 is 5.60 Å². The number of amides is 1. The molecule has 1 aliphatic carbocycles. The summed E-state index contributed by atoms with van der Waals surface area (Å²) in [5.74, 6) is 0.627. The number of rotatable bonds is 4. The van der Waals surface area contributed by atoms with E-state index in [-0.39, 0.29) is 11.8 Å². The van der Waals surface area contributed by atoms with Crippen molar-refractivity contribution in [3.05, 3.63) is 35.9 Å². The second-order valence-corrected chi connectivity index (χ2v) is 6.20. The summed E-state index contributed by atoms with van der Waals surface area (Å²) in [6.07, 6.45) is 1.65. The van der Waals surface area contributed by atoms with Gasteiger partial charge in [-0.15, -0.1) is 0 Å². The van der Waals surface area contributed by atoms with E-state index in [9.17, 15) is 9.90 Å². The first kappa shape index (κ1) is 13.6. The molecular formula is C16H22N2O2. The van der Waals surface area contributed by atoms with Gasteiger partial charge in [0.25, 0.3) is 0 Å². The molecule has 4 nitrogen and oxygen atoms in total. The third kappa shape index (κ3) is 2.72. The minimum Gasteiger partial charge on any atom is -0.387 e. The third-order valence-corrected chi connectivity index (χ3v) is 4.46. The Bertz CT molecular complexity index is 483. The van der Waals surface area contributed by atoms with Crippen LogP contribution >= 0.6 is 0 Å². The molecule has 0 aromatic heterocycles. The molecule has 3 unspecified atom stereocenters. The smallest absolute Gasteiger partial charge is 0.226 e. The second kappa shape index (κ2) is 5.19. The van der Waals surface area contributed by atoms with E-state index in [0.717, 1.165) is 19.4 Å². The third-order valence-electron chi connectivity index (χ3n) is 4.46. The van der Waals surface area contributed by atoms with Crippen LogP contribution in [0.25, 0.3) is 0 Å². The first-order valence-corrected chi connectivity index (χ1v) is 7.32. The molecule has 2 aliphatic rings. The predicted octanol–water partition coefficient (Wildman–Crippen LogP) is 0.973. The van der Waals surface area contributed by atoms with Gasteiger partial charge in [-0.1, -0.05) is 30.3 Å². The first-order chi connectivity index (χ1) is 9.59. The van der Waals surface area contributed by atoms with Crippen molar-refractivity contribution in [2.24, 2.45) is 5.92 Å². The van der Waals surface area contributed by atoms with Gasteiger partial charge in [0.15, 0.2) is 0 Å². The Hall–Kier alpha value is -1.39. The van der Waals surface area contributed by atoms with Crippen LogP contribution in [0.15, 0.2) is 30.3 Å². The topological polar surface area (TPSA) is 52.6 Å². The Morgan fingerprint density at radius 2 is 2.20 bits per heavy atom. The zero-order chi connectivity index (χ0) is 14.2. The number of β-amino-alcohol motifs (C(OH)–C–C–N with tert-alkyl or cyclic N) is 1. The van der Waals surface area contributed by atoms with Crippen molar-refractivity contribution < 1.29 is 9.90 Å². The lowest BCUT2D eigenvalue weighted by molar-refractivity contribution is -0.134. The number of nitrogens with zero attached hydrogens (tertiary/aromatic N) is 1. The number of carbonyl (C=O) groups is 1. The maximum absolute atomic E-state index is 12.4. The Kier molecular flexibility index (Phi) is 3.52. The molecule has 3 rings (SSSR count). The molecule has 3 atom stereocenters. The Morgan fingerprint density at radius 1 is 1.45 bits per heavy atom. The van der Waals surface area contributed by atoms with E-state index in [4.69, 9.17) is 0 Å². The molecule has 108 valence electrons. The van der Waals surface area contributed by atoms with Crippen LogP contribution in [-0.2, 0) is 4.79 Å². The highest BCUT2D eigenvalue weighted by molar-refractivity contribution is 5.82. The molecule has 0 bridgehead atoms. The molecule has 1 heterocycles. The van der Waals surface area contributed by atoms with E-state index in [1.54, 1.807) is 11.9 Å². The highest BCUT2D eigenvalue weighted by Gasteiger charge is 2.46. The summed E-state index contributed by atoms with van der Waals surface area (Å²) in [6.45, 7) is 1.84. The highest BCUT2D eigenvalue weighted by Crippen LogP contribution is 2.48. The number of nitrogens with one attached hydrogen (secondary N) is 1. The average molecular weight is 274 g/mol.